The Morgan fingerprint density at radius 3 is 2.17 bits per heavy atom. The molecule has 0 bridgehead atoms. The number of benzene rings is 2. The van der Waals surface area contributed by atoms with Crippen LogP contribution in [0.4, 0.5) is 0 Å². The van der Waals surface area contributed by atoms with Crippen LogP contribution in [-0.2, 0) is 15.6 Å². The van der Waals surface area contributed by atoms with Gasteiger partial charge in [-0.3, -0.25) is 4.79 Å². The molecule has 0 spiro atoms. The first-order valence-electron chi connectivity index (χ1n) is 15.2. The summed E-state index contributed by atoms with van der Waals surface area (Å²) in [7, 11) is 0. The molecule has 0 N–H and O–H groups in total. The van der Waals surface area contributed by atoms with Crippen LogP contribution in [0.25, 0.3) is 11.1 Å². The molecular weight excluding hydrogens is 516 g/mol. The molecule has 0 saturated carbocycles. The molecule has 2 heteroatoms. The second kappa shape index (κ2) is 8.83. The minimum Gasteiger partial charge on any atom is -0.288 e. The van der Waals surface area contributed by atoms with E-state index < -0.39 is 0 Å². The van der Waals surface area contributed by atoms with Crippen LogP contribution in [0, 0.1) is 16.2 Å². The lowest BCUT2D eigenvalue weighted by Gasteiger charge is -2.61. The van der Waals surface area contributed by atoms with Crippen molar-refractivity contribution in [2.24, 2.45) is 16.2 Å². The smallest absolute Gasteiger partial charge is 0.200 e. The number of thiocarbonyl (C=S) groups is 1. The van der Waals surface area contributed by atoms with E-state index in [0.717, 1.165) is 24.0 Å². The van der Waals surface area contributed by atoms with Gasteiger partial charge in [-0.05, 0) is 91.5 Å². The van der Waals surface area contributed by atoms with E-state index in [1.165, 1.54) is 39.0 Å². The van der Waals surface area contributed by atoms with Crippen LogP contribution in [0.5, 0.6) is 0 Å². The Labute approximate surface area is 252 Å². The SMILES string of the molecule is CC1(C)C2=C(CCC=C2)C2=CC=C(C(=O)C(=S)c3ccc4c(c3)C(C)(C)C(C)(C)c3ccccc3-4)CC2(C)C1(C)C. The van der Waals surface area contributed by atoms with Crippen molar-refractivity contribution in [1.82, 2.24) is 0 Å². The van der Waals surface area contributed by atoms with Gasteiger partial charge in [0.25, 0.3) is 0 Å². The predicted molar refractivity (Wildman–Crippen MR) is 176 cm³/mol. The molecule has 6 rings (SSSR count). The average Bonchev–Trinajstić information content (AvgIpc) is 2.94. The van der Waals surface area contributed by atoms with Crippen molar-refractivity contribution in [2.45, 2.75) is 92.4 Å². The Bertz CT molecular complexity index is 1650. The summed E-state index contributed by atoms with van der Waals surface area (Å²) < 4.78 is 0. The minimum atomic E-state index is -0.151. The molecule has 0 aliphatic heterocycles. The van der Waals surface area contributed by atoms with Crippen molar-refractivity contribution < 1.29 is 4.79 Å². The molecule has 4 aliphatic rings. The van der Waals surface area contributed by atoms with E-state index in [4.69, 9.17) is 12.2 Å². The fourth-order valence-electron chi connectivity index (χ4n) is 8.26. The van der Waals surface area contributed by atoms with Crippen molar-refractivity contribution in [3.63, 3.8) is 0 Å². The van der Waals surface area contributed by atoms with E-state index in [2.05, 4.69) is 129 Å². The van der Waals surface area contributed by atoms with Crippen molar-refractivity contribution in [2.75, 3.05) is 0 Å². The van der Waals surface area contributed by atoms with E-state index in [-0.39, 0.29) is 32.9 Å². The highest BCUT2D eigenvalue weighted by molar-refractivity contribution is 7.82. The monoisotopic (exact) mass is 560 g/mol. The number of rotatable bonds is 3. The zero-order valence-electron chi connectivity index (χ0n) is 26.3. The molecule has 2 aromatic carbocycles. The Hall–Kier alpha value is -2.84. The quantitative estimate of drug-likeness (QED) is 0.274. The number of fused-ring (bicyclic) bond motifs is 5. The highest BCUT2D eigenvalue weighted by atomic mass is 32.1. The third-order valence-corrected chi connectivity index (χ3v) is 13.0. The molecule has 0 amide bonds. The third kappa shape index (κ3) is 3.59. The van der Waals surface area contributed by atoms with Crippen molar-refractivity contribution in [3.05, 3.63) is 106 Å². The Morgan fingerprint density at radius 1 is 0.780 bits per heavy atom. The van der Waals surface area contributed by atoms with Crippen LogP contribution in [0.1, 0.15) is 98.3 Å². The second-order valence-corrected chi connectivity index (χ2v) is 15.5. The number of carbonyl (C=O) groups is 1. The molecule has 0 heterocycles. The summed E-state index contributed by atoms with van der Waals surface area (Å²) in [5.41, 5.74) is 10.8. The number of hydrogen-bond donors (Lipinski definition) is 0. The van der Waals surface area contributed by atoms with Crippen molar-refractivity contribution in [1.29, 1.82) is 0 Å². The molecule has 0 aromatic heterocycles. The molecular formula is C39H44OS. The summed E-state index contributed by atoms with van der Waals surface area (Å²) in [5.74, 6) is 0.00155. The maximum atomic E-state index is 14.2. The number of ketones is 1. The van der Waals surface area contributed by atoms with Crippen molar-refractivity contribution in [3.8, 4) is 11.1 Å². The van der Waals surface area contributed by atoms with E-state index >= 15 is 0 Å². The lowest BCUT2D eigenvalue weighted by Crippen LogP contribution is -2.53. The van der Waals surface area contributed by atoms with Crippen LogP contribution in [0.3, 0.4) is 0 Å². The first-order chi connectivity index (χ1) is 19.1. The summed E-state index contributed by atoms with van der Waals surface area (Å²) in [5, 5.41) is 0. The molecule has 1 atom stereocenters. The fourth-order valence-corrected chi connectivity index (χ4v) is 8.51. The van der Waals surface area contributed by atoms with Gasteiger partial charge in [0, 0.05) is 11.0 Å². The number of carbonyl (C=O) groups excluding carboxylic acids is 1. The van der Waals surface area contributed by atoms with Gasteiger partial charge >= 0.3 is 0 Å². The first kappa shape index (κ1) is 28.3. The number of Topliss-reactive ketones (excluding diaryl/α,β-unsaturated/α-hetero) is 1. The number of hydrogen-bond acceptors (Lipinski definition) is 2. The Morgan fingerprint density at radius 2 is 1.44 bits per heavy atom. The summed E-state index contributed by atoms with van der Waals surface area (Å²) in [6, 6.07) is 15.2. The molecule has 0 radical (unpaired) electrons. The molecule has 4 aliphatic carbocycles. The molecule has 0 fully saturated rings. The highest BCUT2D eigenvalue weighted by Crippen LogP contribution is 2.67. The van der Waals surface area contributed by atoms with Gasteiger partial charge in [-0.15, -0.1) is 0 Å². The van der Waals surface area contributed by atoms with Crippen LogP contribution < -0.4 is 0 Å². The van der Waals surface area contributed by atoms with Crippen LogP contribution >= 0.6 is 12.2 Å². The lowest BCUT2D eigenvalue weighted by atomic mass is 9.42. The maximum Gasteiger partial charge on any atom is 0.200 e. The average molecular weight is 561 g/mol. The summed E-state index contributed by atoms with van der Waals surface area (Å²) in [4.78, 5) is 14.6. The van der Waals surface area contributed by atoms with Crippen molar-refractivity contribution >= 4 is 22.9 Å². The van der Waals surface area contributed by atoms with E-state index in [1.54, 1.807) is 0 Å². The van der Waals surface area contributed by atoms with Gasteiger partial charge in [0.2, 0.25) is 0 Å². The zero-order valence-corrected chi connectivity index (χ0v) is 27.1. The van der Waals surface area contributed by atoms with E-state index in [0.29, 0.717) is 11.3 Å². The van der Waals surface area contributed by atoms with Gasteiger partial charge in [0.15, 0.2) is 5.78 Å². The van der Waals surface area contributed by atoms with Gasteiger partial charge in [-0.2, -0.15) is 0 Å². The first-order valence-corrected chi connectivity index (χ1v) is 15.6. The zero-order chi connectivity index (χ0) is 29.8. The normalized spacial score (nSPS) is 26.1. The Balaban J connectivity index is 1.40. The van der Waals surface area contributed by atoms with Crippen LogP contribution in [-0.4, -0.2) is 10.6 Å². The molecule has 2 aromatic rings. The fraction of sp³-hybridized carbons (Fsp3) is 0.436. The number of allylic oxidation sites excluding steroid dienone is 8. The molecule has 212 valence electrons. The molecule has 0 saturated heterocycles. The topological polar surface area (TPSA) is 17.1 Å². The summed E-state index contributed by atoms with van der Waals surface area (Å²) >= 11 is 5.99. The summed E-state index contributed by atoms with van der Waals surface area (Å²) in [6.07, 6.45) is 11.9. The Kier molecular flexibility index (Phi) is 6.10. The van der Waals surface area contributed by atoms with Crippen LogP contribution in [0.2, 0.25) is 0 Å². The highest BCUT2D eigenvalue weighted by Gasteiger charge is 2.58. The molecule has 1 unspecified atom stereocenters. The maximum absolute atomic E-state index is 14.2. The van der Waals surface area contributed by atoms with Gasteiger partial charge in [0.1, 0.15) is 0 Å². The van der Waals surface area contributed by atoms with Gasteiger partial charge in [-0.25, -0.2) is 0 Å². The predicted octanol–water partition coefficient (Wildman–Crippen LogP) is 10.2. The summed E-state index contributed by atoms with van der Waals surface area (Å²) in [6.45, 7) is 21.3. The van der Waals surface area contributed by atoms with Gasteiger partial charge in [-0.1, -0.05) is 135 Å². The molecule has 41 heavy (non-hydrogen) atoms. The van der Waals surface area contributed by atoms with Gasteiger partial charge < -0.3 is 0 Å². The standard InChI is InChI=1S/C39H44OS/c1-35(2)29-16-12-10-14-26(29)27-20-18-24(22-32(27)36(35,3)4)34(41)33(40)25-19-21-31-28-15-11-13-17-30(28)37(5,6)38(7,8)39(31,9)23-25/h10,12-14,16-22H,11,15,23H2,1-9H3. The van der Waals surface area contributed by atoms with E-state index in [1.807, 2.05) is 0 Å². The minimum absolute atomic E-state index is 0.00155. The van der Waals surface area contributed by atoms with E-state index in [9.17, 15) is 4.79 Å². The van der Waals surface area contributed by atoms with Crippen LogP contribution in [0.15, 0.2) is 89.1 Å². The largest absolute Gasteiger partial charge is 0.288 e. The van der Waals surface area contributed by atoms with Gasteiger partial charge in [0.05, 0.1) is 4.86 Å². The molecule has 1 nitrogen and oxygen atoms in total. The second-order valence-electron chi connectivity index (χ2n) is 15.1. The third-order valence-electron chi connectivity index (χ3n) is 12.6. The lowest BCUT2D eigenvalue weighted by molar-refractivity contribution is -0.110.